The van der Waals surface area contributed by atoms with Crippen LogP contribution in [0.5, 0.6) is 0 Å². The summed E-state index contributed by atoms with van der Waals surface area (Å²) in [5, 5.41) is 15.6. The summed E-state index contributed by atoms with van der Waals surface area (Å²) < 4.78 is 1.64. The molecular formula is C13H12N4O. The molecule has 18 heavy (non-hydrogen) atoms. The zero-order valence-electron chi connectivity index (χ0n) is 10.1. The van der Waals surface area contributed by atoms with Gasteiger partial charge in [0.15, 0.2) is 5.69 Å². The molecule has 0 spiro atoms. The number of hydrogen-bond acceptors (Lipinski definition) is 3. The largest absolute Gasteiger partial charge is 0.321 e. The maximum Gasteiger partial charge on any atom is 0.276 e. The van der Waals surface area contributed by atoms with E-state index < -0.39 is 0 Å². The van der Waals surface area contributed by atoms with Gasteiger partial charge in [-0.15, -0.1) is 0 Å². The monoisotopic (exact) mass is 240 g/mol. The minimum atomic E-state index is -0.284. The molecular weight excluding hydrogens is 228 g/mol. The molecule has 0 radical (unpaired) electrons. The number of anilines is 1. The molecule has 1 heterocycles. The molecule has 0 saturated heterocycles. The summed E-state index contributed by atoms with van der Waals surface area (Å²) in [6.07, 6.45) is 0. The van der Waals surface area contributed by atoms with Gasteiger partial charge in [0.25, 0.3) is 5.91 Å². The van der Waals surface area contributed by atoms with Crippen molar-refractivity contribution in [1.82, 2.24) is 9.78 Å². The average Bonchev–Trinajstić information content (AvgIpc) is 2.70. The maximum atomic E-state index is 11.9. The molecule has 1 aromatic heterocycles. The second-order valence-corrected chi connectivity index (χ2v) is 3.94. The van der Waals surface area contributed by atoms with Gasteiger partial charge in [-0.05, 0) is 31.2 Å². The summed E-state index contributed by atoms with van der Waals surface area (Å²) in [6, 6.07) is 10.5. The van der Waals surface area contributed by atoms with Crippen LogP contribution in [-0.4, -0.2) is 15.7 Å². The number of benzene rings is 1. The highest BCUT2D eigenvalue weighted by atomic mass is 16.1. The molecule has 1 amide bonds. The van der Waals surface area contributed by atoms with E-state index in [1.807, 2.05) is 13.0 Å². The molecule has 1 N–H and O–H groups in total. The van der Waals surface area contributed by atoms with Crippen molar-refractivity contribution in [3.63, 3.8) is 0 Å². The van der Waals surface area contributed by atoms with Crippen LogP contribution in [0.25, 0.3) is 0 Å². The minimum absolute atomic E-state index is 0.284. The number of carbonyl (C=O) groups excluding carboxylic acids is 1. The van der Waals surface area contributed by atoms with Crippen molar-refractivity contribution in [2.45, 2.75) is 6.92 Å². The topological polar surface area (TPSA) is 70.7 Å². The molecule has 0 aliphatic heterocycles. The first-order valence-corrected chi connectivity index (χ1v) is 5.42. The highest BCUT2D eigenvalue weighted by Crippen LogP contribution is 2.11. The second-order valence-electron chi connectivity index (χ2n) is 3.94. The molecule has 5 heteroatoms. The number of nitriles is 1. The number of nitrogens with zero attached hydrogens (tertiary/aromatic N) is 3. The lowest BCUT2D eigenvalue weighted by atomic mass is 10.2. The first kappa shape index (κ1) is 11.9. The molecule has 0 saturated carbocycles. The number of rotatable bonds is 2. The van der Waals surface area contributed by atoms with Gasteiger partial charge in [-0.1, -0.05) is 6.07 Å². The Balaban J connectivity index is 2.19. The minimum Gasteiger partial charge on any atom is -0.321 e. The van der Waals surface area contributed by atoms with Gasteiger partial charge < -0.3 is 5.32 Å². The summed E-state index contributed by atoms with van der Waals surface area (Å²) in [5.41, 5.74) is 2.36. The van der Waals surface area contributed by atoms with E-state index in [1.54, 1.807) is 42.1 Å². The highest BCUT2D eigenvalue weighted by molar-refractivity contribution is 6.02. The maximum absolute atomic E-state index is 11.9. The summed E-state index contributed by atoms with van der Waals surface area (Å²) in [4.78, 5) is 11.9. The van der Waals surface area contributed by atoms with E-state index in [9.17, 15) is 4.79 Å². The van der Waals surface area contributed by atoms with Gasteiger partial charge in [0.1, 0.15) is 0 Å². The van der Waals surface area contributed by atoms with E-state index in [2.05, 4.69) is 10.4 Å². The Bertz CT molecular complexity index is 617. The molecule has 0 bridgehead atoms. The lowest BCUT2D eigenvalue weighted by Gasteiger charge is -2.02. The number of aryl methyl sites for hydroxylation is 2. The van der Waals surface area contributed by atoms with Gasteiger partial charge in [-0.25, -0.2) is 0 Å². The molecule has 0 unspecified atom stereocenters. The van der Waals surface area contributed by atoms with Crippen LogP contribution in [0, 0.1) is 18.3 Å². The van der Waals surface area contributed by atoms with Crippen LogP contribution < -0.4 is 5.32 Å². The van der Waals surface area contributed by atoms with Crippen molar-refractivity contribution in [2.75, 3.05) is 5.32 Å². The third-order valence-corrected chi connectivity index (χ3v) is 2.60. The molecule has 5 nitrogen and oxygen atoms in total. The number of aromatic nitrogens is 2. The van der Waals surface area contributed by atoms with Crippen molar-refractivity contribution in [1.29, 1.82) is 5.26 Å². The Morgan fingerprint density at radius 1 is 1.44 bits per heavy atom. The zero-order chi connectivity index (χ0) is 13.1. The lowest BCUT2D eigenvalue weighted by Crippen LogP contribution is -2.13. The first-order valence-electron chi connectivity index (χ1n) is 5.42. The van der Waals surface area contributed by atoms with Crippen LogP contribution in [0.3, 0.4) is 0 Å². The van der Waals surface area contributed by atoms with Gasteiger partial charge in [0.2, 0.25) is 0 Å². The van der Waals surface area contributed by atoms with Crippen LogP contribution >= 0.6 is 0 Å². The van der Waals surface area contributed by atoms with E-state index in [0.717, 1.165) is 5.69 Å². The Morgan fingerprint density at radius 3 is 2.83 bits per heavy atom. The Morgan fingerprint density at radius 2 is 2.22 bits per heavy atom. The lowest BCUT2D eigenvalue weighted by molar-refractivity contribution is 0.102. The van der Waals surface area contributed by atoms with E-state index in [1.165, 1.54) is 0 Å². The molecule has 90 valence electrons. The molecule has 2 rings (SSSR count). The molecule has 0 aliphatic carbocycles. The predicted octanol–water partition coefficient (Wildman–Crippen LogP) is 1.85. The summed E-state index contributed by atoms with van der Waals surface area (Å²) in [7, 11) is 1.78. The highest BCUT2D eigenvalue weighted by Gasteiger charge is 2.11. The van der Waals surface area contributed by atoms with Crippen LogP contribution in [0.2, 0.25) is 0 Å². The first-order chi connectivity index (χ1) is 8.60. The van der Waals surface area contributed by atoms with Gasteiger partial charge in [-0.2, -0.15) is 10.4 Å². The predicted molar refractivity (Wildman–Crippen MR) is 67.1 cm³/mol. The Hall–Kier alpha value is -2.61. The van der Waals surface area contributed by atoms with Crippen molar-refractivity contribution in [3.8, 4) is 6.07 Å². The zero-order valence-corrected chi connectivity index (χ0v) is 10.1. The Labute approximate surface area is 105 Å². The van der Waals surface area contributed by atoms with E-state index >= 15 is 0 Å². The molecule has 1 aromatic carbocycles. The fourth-order valence-corrected chi connectivity index (χ4v) is 1.53. The van der Waals surface area contributed by atoms with Crippen molar-refractivity contribution in [2.24, 2.45) is 7.05 Å². The summed E-state index contributed by atoms with van der Waals surface area (Å²) in [5.74, 6) is -0.284. The fourth-order valence-electron chi connectivity index (χ4n) is 1.53. The second kappa shape index (κ2) is 4.72. The number of carbonyl (C=O) groups is 1. The van der Waals surface area contributed by atoms with Crippen LogP contribution in [0.15, 0.2) is 30.3 Å². The summed E-state index contributed by atoms with van der Waals surface area (Å²) >= 11 is 0. The van der Waals surface area contributed by atoms with Crippen molar-refractivity contribution >= 4 is 11.6 Å². The number of amides is 1. The van der Waals surface area contributed by atoms with Crippen LogP contribution in [0.1, 0.15) is 21.7 Å². The summed E-state index contributed by atoms with van der Waals surface area (Å²) in [6.45, 7) is 1.88. The SMILES string of the molecule is Cc1cc(C(=O)Nc2cccc(C#N)c2)nn1C. The quantitative estimate of drug-likeness (QED) is 0.870. The van der Waals surface area contributed by atoms with Crippen LogP contribution in [-0.2, 0) is 7.05 Å². The third kappa shape index (κ3) is 2.38. The molecule has 0 fully saturated rings. The van der Waals surface area contributed by atoms with Gasteiger partial charge >= 0.3 is 0 Å². The molecule has 0 atom stereocenters. The smallest absolute Gasteiger partial charge is 0.276 e. The normalized spacial score (nSPS) is 9.83. The third-order valence-electron chi connectivity index (χ3n) is 2.60. The fraction of sp³-hybridized carbons (Fsp3) is 0.154. The average molecular weight is 240 g/mol. The van der Waals surface area contributed by atoms with E-state index in [-0.39, 0.29) is 5.91 Å². The van der Waals surface area contributed by atoms with E-state index in [0.29, 0.717) is 16.9 Å². The number of hydrogen-bond donors (Lipinski definition) is 1. The van der Waals surface area contributed by atoms with Crippen molar-refractivity contribution < 1.29 is 4.79 Å². The Kier molecular flexibility index (Phi) is 3.11. The standard InChI is InChI=1S/C13H12N4O/c1-9-6-12(16-17(9)2)13(18)15-11-5-3-4-10(7-11)8-14/h3-7H,1-2H3,(H,15,18). The van der Waals surface area contributed by atoms with Gasteiger partial charge in [-0.3, -0.25) is 9.48 Å². The van der Waals surface area contributed by atoms with Gasteiger partial charge in [0.05, 0.1) is 11.6 Å². The number of nitrogens with one attached hydrogen (secondary N) is 1. The van der Waals surface area contributed by atoms with Crippen LogP contribution in [0.4, 0.5) is 5.69 Å². The van der Waals surface area contributed by atoms with Gasteiger partial charge in [0, 0.05) is 18.4 Å². The van der Waals surface area contributed by atoms with E-state index in [4.69, 9.17) is 5.26 Å². The van der Waals surface area contributed by atoms with Crippen molar-refractivity contribution in [3.05, 3.63) is 47.3 Å². The molecule has 2 aromatic rings. The molecule has 0 aliphatic rings.